The normalized spacial score (nSPS) is 10.2. The van der Waals surface area contributed by atoms with Gasteiger partial charge in [-0.15, -0.1) is 0 Å². The van der Waals surface area contributed by atoms with Crippen LogP contribution in [-0.2, 0) is 6.61 Å². The van der Waals surface area contributed by atoms with Crippen LogP contribution in [0.25, 0.3) is 0 Å². The average molecular weight is 613 g/mol. The first kappa shape index (κ1) is 32.3. The van der Waals surface area contributed by atoms with Crippen molar-refractivity contribution in [1.29, 1.82) is 0 Å². The largest absolute Gasteiger partial charge is 0.496 e. The lowest BCUT2D eigenvalue weighted by molar-refractivity contribution is 0.0721. The number of rotatable bonds is 11. The maximum absolute atomic E-state index is 12.9. The molecular weight excluding hydrogens is 580 g/mol. The maximum Gasteiger partial charge on any atom is 0.347 e. The smallest absolute Gasteiger partial charge is 0.347 e. The van der Waals surface area contributed by atoms with Gasteiger partial charge in [0.05, 0.1) is 41.7 Å². The highest BCUT2D eigenvalue weighted by atomic mass is 16.5. The van der Waals surface area contributed by atoms with E-state index in [1.807, 2.05) is 6.92 Å². The zero-order valence-electron chi connectivity index (χ0n) is 25.5. The van der Waals surface area contributed by atoms with Gasteiger partial charge in [0.2, 0.25) is 0 Å². The van der Waals surface area contributed by atoms with E-state index in [9.17, 15) is 14.7 Å². The first-order valence-corrected chi connectivity index (χ1v) is 13.7. The van der Waals surface area contributed by atoms with Crippen LogP contribution in [0.5, 0.6) is 40.2 Å². The third kappa shape index (κ3) is 7.84. The highest BCUT2D eigenvalue weighted by Crippen LogP contribution is 2.35. The molecule has 0 saturated heterocycles. The second kappa shape index (κ2) is 15.2. The van der Waals surface area contributed by atoms with E-state index in [4.69, 9.17) is 33.2 Å². The van der Waals surface area contributed by atoms with Crippen molar-refractivity contribution in [2.45, 2.75) is 13.5 Å². The van der Waals surface area contributed by atoms with Gasteiger partial charge in [0.15, 0.2) is 11.5 Å². The van der Waals surface area contributed by atoms with E-state index >= 15 is 0 Å². The predicted molar refractivity (Wildman–Crippen MR) is 165 cm³/mol. The summed E-state index contributed by atoms with van der Waals surface area (Å²) >= 11 is 0. The fourth-order valence-corrected chi connectivity index (χ4v) is 4.22. The van der Waals surface area contributed by atoms with Crippen LogP contribution in [0.2, 0.25) is 0 Å². The van der Waals surface area contributed by atoms with Crippen LogP contribution >= 0.6 is 0 Å². The van der Waals surface area contributed by atoms with Crippen molar-refractivity contribution in [2.24, 2.45) is 0 Å². The van der Waals surface area contributed by atoms with E-state index in [0.717, 1.165) is 0 Å². The van der Waals surface area contributed by atoms with Crippen molar-refractivity contribution < 1.29 is 47.9 Å². The molecule has 1 N–H and O–H groups in total. The summed E-state index contributed by atoms with van der Waals surface area (Å²) in [5.74, 6) is 7.21. The fraction of sp³-hybridized carbons (Fsp3) is 0.200. The molecule has 0 aliphatic rings. The summed E-state index contributed by atoms with van der Waals surface area (Å²) in [4.78, 5) is 25.7. The van der Waals surface area contributed by atoms with Crippen LogP contribution < -0.4 is 33.2 Å². The Bertz CT molecular complexity index is 1720. The predicted octanol–water partition coefficient (Wildman–Crippen LogP) is 5.45. The summed E-state index contributed by atoms with van der Waals surface area (Å²) in [6.07, 6.45) is 0. The standard InChI is InChI=1S/C35H32O10/c1-6-43-33-20-31(41-4)28(19-32(33)42-5)35(38)45-26-15-11-23(12-16-26)8-7-22-9-13-25(14-10-22)44-34(37)27-18-29(39-2)24(21-36)17-30(27)40-3/h9-20,36H,6,21H2,1-5H3. The molecule has 4 aromatic carbocycles. The van der Waals surface area contributed by atoms with E-state index in [2.05, 4.69) is 11.8 Å². The molecule has 0 spiro atoms. The van der Waals surface area contributed by atoms with Gasteiger partial charge in [-0.25, -0.2) is 9.59 Å². The van der Waals surface area contributed by atoms with Crippen LogP contribution in [0, 0.1) is 11.8 Å². The topological polar surface area (TPSA) is 119 Å². The SMILES string of the molecule is CCOc1cc(OC)c(C(=O)Oc2ccc(C#Cc3ccc(OC(=O)c4cc(OC)c(CO)cc4OC)cc3)cc2)cc1OC. The number of methoxy groups -OCH3 is 4. The number of carbonyl (C=O) groups is 2. The van der Waals surface area contributed by atoms with E-state index in [-0.39, 0.29) is 23.5 Å². The summed E-state index contributed by atoms with van der Waals surface area (Å²) < 4.78 is 37.8. The Kier molecular flexibility index (Phi) is 10.9. The summed E-state index contributed by atoms with van der Waals surface area (Å²) in [5, 5.41) is 9.52. The number of hydrogen-bond donors (Lipinski definition) is 1. The molecule has 0 bridgehead atoms. The zero-order valence-corrected chi connectivity index (χ0v) is 25.5. The van der Waals surface area contributed by atoms with Crippen LogP contribution in [0.1, 0.15) is 44.3 Å². The molecule has 0 fully saturated rings. The Balaban J connectivity index is 1.41. The van der Waals surface area contributed by atoms with Crippen molar-refractivity contribution in [3.63, 3.8) is 0 Å². The number of hydrogen-bond acceptors (Lipinski definition) is 10. The molecule has 0 heterocycles. The molecule has 232 valence electrons. The maximum atomic E-state index is 12.9. The second-order valence-electron chi connectivity index (χ2n) is 9.24. The van der Waals surface area contributed by atoms with Gasteiger partial charge in [0.1, 0.15) is 39.9 Å². The van der Waals surface area contributed by atoms with Crippen molar-refractivity contribution in [1.82, 2.24) is 0 Å². The number of esters is 2. The summed E-state index contributed by atoms with van der Waals surface area (Å²) in [5.41, 5.74) is 2.21. The summed E-state index contributed by atoms with van der Waals surface area (Å²) in [7, 11) is 5.81. The van der Waals surface area contributed by atoms with E-state index in [1.165, 1.54) is 46.6 Å². The zero-order chi connectivity index (χ0) is 32.3. The molecule has 0 atom stereocenters. The van der Waals surface area contributed by atoms with Gasteiger partial charge >= 0.3 is 11.9 Å². The minimum Gasteiger partial charge on any atom is -0.496 e. The lowest BCUT2D eigenvalue weighted by Gasteiger charge is -2.14. The highest BCUT2D eigenvalue weighted by molar-refractivity contribution is 5.95. The van der Waals surface area contributed by atoms with E-state index < -0.39 is 11.9 Å². The molecule has 0 aliphatic carbocycles. The molecule has 0 aromatic heterocycles. The molecule has 4 rings (SSSR count). The van der Waals surface area contributed by atoms with Crippen molar-refractivity contribution in [3.05, 3.63) is 101 Å². The molecule has 45 heavy (non-hydrogen) atoms. The van der Waals surface area contributed by atoms with Gasteiger partial charge < -0.3 is 38.3 Å². The molecule has 0 saturated carbocycles. The monoisotopic (exact) mass is 612 g/mol. The van der Waals surface area contributed by atoms with E-state index in [0.29, 0.717) is 57.8 Å². The van der Waals surface area contributed by atoms with Crippen molar-refractivity contribution in [2.75, 3.05) is 35.0 Å². The Morgan fingerprint density at radius 3 is 1.47 bits per heavy atom. The average Bonchev–Trinajstić information content (AvgIpc) is 3.07. The third-order valence-corrected chi connectivity index (χ3v) is 6.48. The quantitative estimate of drug-likeness (QED) is 0.133. The van der Waals surface area contributed by atoms with Crippen molar-refractivity contribution >= 4 is 11.9 Å². The highest BCUT2D eigenvalue weighted by Gasteiger charge is 2.21. The number of carbonyl (C=O) groups excluding carboxylic acids is 2. The van der Waals surface area contributed by atoms with E-state index in [1.54, 1.807) is 54.6 Å². The van der Waals surface area contributed by atoms with Gasteiger partial charge in [0, 0.05) is 28.8 Å². The molecule has 0 unspecified atom stereocenters. The number of ether oxygens (including phenoxy) is 7. The fourth-order valence-electron chi connectivity index (χ4n) is 4.22. The van der Waals surface area contributed by atoms with Gasteiger partial charge in [0.25, 0.3) is 0 Å². The molecule has 10 heteroatoms. The Labute approximate surface area is 261 Å². The lowest BCUT2D eigenvalue weighted by Crippen LogP contribution is -2.11. The van der Waals surface area contributed by atoms with Gasteiger partial charge in [-0.3, -0.25) is 0 Å². The summed E-state index contributed by atoms with van der Waals surface area (Å²) in [6.45, 7) is 2.00. The molecule has 4 aromatic rings. The minimum atomic E-state index is -0.644. The first-order valence-electron chi connectivity index (χ1n) is 13.7. The van der Waals surface area contributed by atoms with Crippen LogP contribution in [0.4, 0.5) is 0 Å². The van der Waals surface area contributed by atoms with Crippen LogP contribution in [-0.4, -0.2) is 52.1 Å². The Morgan fingerprint density at radius 2 is 1.04 bits per heavy atom. The first-order chi connectivity index (χ1) is 21.8. The Morgan fingerprint density at radius 1 is 0.600 bits per heavy atom. The second-order valence-corrected chi connectivity index (χ2v) is 9.24. The molecule has 0 aliphatic heterocycles. The lowest BCUT2D eigenvalue weighted by atomic mass is 10.1. The van der Waals surface area contributed by atoms with Gasteiger partial charge in [-0.1, -0.05) is 11.8 Å². The summed E-state index contributed by atoms with van der Waals surface area (Å²) in [6, 6.07) is 19.5. The van der Waals surface area contributed by atoms with Crippen LogP contribution in [0.15, 0.2) is 72.8 Å². The van der Waals surface area contributed by atoms with Gasteiger partial charge in [-0.2, -0.15) is 0 Å². The number of aliphatic hydroxyl groups is 1. The number of benzene rings is 4. The number of aliphatic hydroxyl groups excluding tert-OH is 1. The molecule has 0 radical (unpaired) electrons. The minimum absolute atomic E-state index is 0.155. The van der Waals surface area contributed by atoms with Crippen LogP contribution in [0.3, 0.4) is 0 Å². The van der Waals surface area contributed by atoms with Crippen molar-refractivity contribution in [3.8, 4) is 52.1 Å². The third-order valence-electron chi connectivity index (χ3n) is 6.48. The molecule has 10 nitrogen and oxygen atoms in total. The molecular formula is C35H32O10. The Hall–Kier alpha value is -5.66. The van der Waals surface area contributed by atoms with Gasteiger partial charge in [-0.05, 0) is 67.6 Å². The molecule has 0 amide bonds.